The largest absolute Gasteiger partial charge is 0.461 e. The minimum Gasteiger partial charge on any atom is -0.461 e. The second-order valence-corrected chi connectivity index (χ2v) is 6.64. The lowest BCUT2D eigenvalue weighted by Gasteiger charge is -2.28. The molecule has 1 fully saturated rings. The van der Waals surface area contributed by atoms with Crippen LogP contribution in [0.2, 0.25) is 0 Å². The van der Waals surface area contributed by atoms with Crippen LogP contribution in [-0.2, 0) is 19.5 Å². The van der Waals surface area contributed by atoms with Gasteiger partial charge in [-0.25, -0.2) is 18.4 Å². The summed E-state index contributed by atoms with van der Waals surface area (Å²) in [6.07, 6.45) is 4.92. The van der Waals surface area contributed by atoms with Gasteiger partial charge < -0.3 is 14.0 Å². The molecule has 0 spiro atoms. The van der Waals surface area contributed by atoms with E-state index in [2.05, 4.69) is 0 Å². The van der Waals surface area contributed by atoms with Gasteiger partial charge in [-0.05, 0) is 25.3 Å². The Morgan fingerprint density at radius 1 is 1.43 bits per heavy atom. The van der Waals surface area contributed by atoms with Crippen LogP contribution in [0.1, 0.15) is 42.2 Å². The molecule has 1 aliphatic rings. The predicted molar refractivity (Wildman–Crippen MR) is 75.5 cm³/mol. The van der Waals surface area contributed by atoms with Crippen molar-refractivity contribution in [1.29, 1.82) is 0 Å². The van der Waals surface area contributed by atoms with Crippen LogP contribution in [0.5, 0.6) is 0 Å². The van der Waals surface area contributed by atoms with Crippen LogP contribution in [0.3, 0.4) is 0 Å². The number of aromatic nitrogens is 1. The number of methoxy groups -OCH3 is 1. The lowest BCUT2D eigenvalue weighted by atomic mass is 9.93. The van der Waals surface area contributed by atoms with Crippen LogP contribution >= 0.6 is 0 Å². The molecule has 118 valence electrons. The van der Waals surface area contributed by atoms with Crippen molar-refractivity contribution in [2.45, 2.75) is 36.6 Å². The van der Waals surface area contributed by atoms with E-state index in [1.54, 1.807) is 11.7 Å². The molecule has 0 unspecified atom stereocenters. The van der Waals surface area contributed by atoms with Crippen molar-refractivity contribution >= 4 is 16.0 Å². The molecule has 2 rings (SSSR count). The summed E-state index contributed by atoms with van der Waals surface area (Å²) >= 11 is 0. The van der Waals surface area contributed by atoms with Crippen molar-refractivity contribution in [3.8, 4) is 0 Å². The van der Waals surface area contributed by atoms with E-state index in [0.29, 0.717) is 13.0 Å². The van der Waals surface area contributed by atoms with E-state index in [1.165, 1.54) is 12.3 Å². The molecule has 0 bridgehead atoms. The first-order valence-electron chi connectivity index (χ1n) is 6.84. The van der Waals surface area contributed by atoms with Gasteiger partial charge >= 0.3 is 5.97 Å². The summed E-state index contributed by atoms with van der Waals surface area (Å²) in [5, 5.41) is 5.13. The highest BCUT2D eigenvalue weighted by molar-refractivity contribution is 7.89. The highest BCUT2D eigenvalue weighted by atomic mass is 32.2. The molecule has 8 heteroatoms. The van der Waals surface area contributed by atoms with Crippen LogP contribution in [0.4, 0.5) is 0 Å². The number of sulfonamides is 1. The zero-order valence-electron chi connectivity index (χ0n) is 11.9. The van der Waals surface area contributed by atoms with Gasteiger partial charge in [-0.3, -0.25) is 0 Å². The second-order valence-electron chi connectivity index (χ2n) is 5.08. The molecule has 1 aromatic heterocycles. The quantitative estimate of drug-likeness (QED) is 0.598. The standard InChI is InChI=1S/C13H20N2O5S/c1-19-6-3-7-20-13(16)12-8-11(21(14,17)18)9-15(12)10-4-2-5-10/h8-10H,2-7H2,1H3,(H2,14,17,18). The first-order chi connectivity index (χ1) is 9.93. The van der Waals surface area contributed by atoms with E-state index in [-0.39, 0.29) is 23.2 Å². The van der Waals surface area contributed by atoms with Crippen molar-refractivity contribution < 1.29 is 22.7 Å². The molecule has 2 N–H and O–H groups in total. The minimum absolute atomic E-state index is 0.0572. The average molecular weight is 316 g/mol. The normalized spacial score (nSPS) is 15.7. The van der Waals surface area contributed by atoms with Gasteiger partial charge in [-0.2, -0.15) is 0 Å². The summed E-state index contributed by atoms with van der Waals surface area (Å²) < 4.78 is 34.6. The highest BCUT2D eigenvalue weighted by Crippen LogP contribution is 2.34. The van der Waals surface area contributed by atoms with E-state index in [1.807, 2.05) is 0 Å². The Labute approximate surface area is 124 Å². The van der Waals surface area contributed by atoms with Gasteiger partial charge in [0.2, 0.25) is 10.0 Å². The Kier molecular flexibility index (Phi) is 5.02. The van der Waals surface area contributed by atoms with Gasteiger partial charge in [-0.15, -0.1) is 0 Å². The molecule has 1 aromatic rings. The first-order valence-corrected chi connectivity index (χ1v) is 8.39. The molecule has 21 heavy (non-hydrogen) atoms. The number of nitrogens with two attached hydrogens (primary N) is 1. The fraction of sp³-hybridized carbons (Fsp3) is 0.615. The van der Waals surface area contributed by atoms with Gasteiger partial charge in [0.1, 0.15) is 10.6 Å². The summed E-state index contributed by atoms with van der Waals surface area (Å²) in [6.45, 7) is 0.729. The highest BCUT2D eigenvalue weighted by Gasteiger charge is 2.27. The molecule has 0 saturated heterocycles. The Hall–Kier alpha value is -1.38. The topological polar surface area (TPSA) is 101 Å². The van der Waals surface area contributed by atoms with E-state index in [0.717, 1.165) is 19.3 Å². The molecule has 1 aliphatic carbocycles. The molecule has 1 heterocycles. The van der Waals surface area contributed by atoms with Gasteiger partial charge in [0.15, 0.2) is 0 Å². The third-order valence-corrected chi connectivity index (χ3v) is 4.44. The maximum Gasteiger partial charge on any atom is 0.354 e. The lowest BCUT2D eigenvalue weighted by Crippen LogP contribution is -2.21. The second kappa shape index (κ2) is 6.59. The fourth-order valence-electron chi connectivity index (χ4n) is 2.18. The molecule has 0 amide bonds. The van der Waals surface area contributed by atoms with Crippen molar-refractivity contribution in [2.24, 2.45) is 5.14 Å². The van der Waals surface area contributed by atoms with Crippen molar-refractivity contribution in [3.05, 3.63) is 18.0 Å². The number of esters is 1. The average Bonchev–Trinajstić information content (AvgIpc) is 2.77. The Balaban J connectivity index is 2.16. The number of hydrogen-bond donors (Lipinski definition) is 1. The number of hydrogen-bond acceptors (Lipinski definition) is 5. The summed E-state index contributed by atoms with van der Waals surface area (Å²) in [6, 6.07) is 1.42. The number of nitrogens with zero attached hydrogens (tertiary/aromatic N) is 1. The third-order valence-electron chi connectivity index (χ3n) is 3.56. The zero-order chi connectivity index (χ0) is 15.5. The van der Waals surface area contributed by atoms with Crippen LogP contribution in [-0.4, -0.2) is 39.3 Å². The van der Waals surface area contributed by atoms with Crippen molar-refractivity contribution in [1.82, 2.24) is 4.57 Å². The van der Waals surface area contributed by atoms with Crippen LogP contribution in [0.25, 0.3) is 0 Å². The predicted octanol–water partition coefficient (Wildman–Crippen LogP) is 1.05. The first kappa shape index (κ1) is 16.0. The fourth-order valence-corrected chi connectivity index (χ4v) is 2.72. The van der Waals surface area contributed by atoms with Gasteiger partial charge in [0.25, 0.3) is 0 Å². The van der Waals surface area contributed by atoms with Crippen LogP contribution in [0.15, 0.2) is 17.2 Å². The lowest BCUT2D eigenvalue weighted by molar-refractivity contribution is 0.0450. The van der Waals surface area contributed by atoms with Crippen LogP contribution < -0.4 is 5.14 Å². The zero-order valence-corrected chi connectivity index (χ0v) is 12.8. The van der Waals surface area contributed by atoms with E-state index in [4.69, 9.17) is 14.6 Å². The van der Waals surface area contributed by atoms with E-state index < -0.39 is 16.0 Å². The van der Waals surface area contributed by atoms with Crippen molar-refractivity contribution in [3.63, 3.8) is 0 Å². The van der Waals surface area contributed by atoms with Crippen LogP contribution in [0, 0.1) is 0 Å². The molecule has 0 atom stereocenters. The number of primary sulfonamides is 1. The third kappa shape index (κ3) is 3.84. The van der Waals surface area contributed by atoms with E-state index in [9.17, 15) is 13.2 Å². The smallest absolute Gasteiger partial charge is 0.354 e. The molecule has 0 aliphatic heterocycles. The summed E-state index contributed by atoms with van der Waals surface area (Å²) in [4.78, 5) is 12.0. The molecule has 0 aromatic carbocycles. The Bertz CT molecular complexity index is 604. The van der Waals surface area contributed by atoms with Crippen molar-refractivity contribution in [2.75, 3.05) is 20.3 Å². The minimum atomic E-state index is -3.83. The molecule has 0 radical (unpaired) electrons. The molecular formula is C13H20N2O5S. The molecule has 7 nitrogen and oxygen atoms in total. The Morgan fingerprint density at radius 2 is 2.14 bits per heavy atom. The Morgan fingerprint density at radius 3 is 2.67 bits per heavy atom. The number of rotatable bonds is 7. The summed E-state index contributed by atoms with van der Waals surface area (Å²) in [5.74, 6) is -0.534. The SMILES string of the molecule is COCCCOC(=O)c1cc(S(N)(=O)=O)cn1C1CCC1. The molecule has 1 saturated carbocycles. The monoisotopic (exact) mass is 316 g/mol. The van der Waals surface area contributed by atoms with Gasteiger partial charge in [0.05, 0.1) is 6.61 Å². The maximum absolute atomic E-state index is 12.1. The van der Waals surface area contributed by atoms with Gasteiger partial charge in [-0.1, -0.05) is 0 Å². The molecular weight excluding hydrogens is 296 g/mol. The number of carbonyl (C=O) groups excluding carboxylic acids is 1. The van der Waals surface area contributed by atoms with E-state index >= 15 is 0 Å². The number of ether oxygens (including phenoxy) is 2. The summed E-state index contributed by atoms with van der Waals surface area (Å²) in [7, 11) is -2.26. The number of carbonyl (C=O) groups is 1. The van der Waals surface area contributed by atoms with Gasteiger partial charge in [0, 0.05) is 32.4 Å². The summed E-state index contributed by atoms with van der Waals surface area (Å²) in [5.41, 5.74) is 0.237. The maximum atomic E-state index is 12.1.